The molecule has 0 aromatic heterocycles. The van der Waals surface area contributed by atoms with E-state index in [0.29, 0.717) is 17.4 Å². The summed E-state index contributed by atoms with van der Waals surface area (Å²) in [4.78, 5) is 24.1. The van der Waals surface area contributed by atoms with Crippen molar-refractivity contribution >= 4 is 23.4 Å². The van der Waals surface area contributed by atoms with Gasteiger partial charge in [-0.15, -0.1) is 0 Å². The van der Waals surface area contributed by atoms with Gasteiger partial charge in [-0.3, -0.25) is 9.59 Å². The van der Waals surface area contributed by atoms with Crippen molar-refractivity contribution in [2.75, 3.05) is 13.7 Å². The van der Waals surface area contributed by atoms with Crippen molar-refractivity contribution in [2.24, 2.45) is 23.7 Å². The molecule has 0 spiro atoms. The highest BCUT2D eigenvalue weighted by molar-refractivity contribution is 6.06. The molecule has 9 heteroatoms. The van der Waals surface area contributed by atoms with Crippen molar-refractivity contribution in [2.45, 2.75) is 82.6 Å². The molecule has 4 bridgehead atoms. The lowest BCUT2D eigenvalue weighted by molar-refractivity contribution is -0.277. The normalized spacial score (nSPS) is 34.8. The molecule has 5 aliphatic rings. The molecule has 5 fully saturated rings. The van der Waals surface area contributed by atoms with E-state index in [0.717, 1.165) is 23.2 Å². The lowest BCUT2D eigenvalue weighted by Crippen LogP contribution is -2.60. The lowest BCUT2D eigenvalue weighted by atomic mass is 9.54. The number of carbonyl (C=O) groups is 2. The maximum absolute atomic E-state index is 12.3. The van der Waals surface area contributed by atoms with E-state index in [4.69, 9.17) is 14.2 Å². The van der Waals surface area contributed by atoms with Crippen LogP contribution in [0.1, 0.15) is 63.0 Å². The average Bonchev–Trinajstić information content (AvgIpc) is 2.94. The summed E-state index contributed by atoms with van der Waals surface area (Å²) in [5.41, 5.74) is 2.63. The molecule has 1 aromatic rings. The highest BCUT2D eigenvalue weighted by atomic mass is 16.7. The van der Waals surface area contributed by atoms with E-state index in [1.807, 2.05) is 6.07 Å². The number of hydrogen-bond donors (Lipinski definition) is 4. The number of aliphatic hydroxyl groups is 4. The lowest BCUT2D eigenvalue weighted by Gasteiger charge is -2.51. The van der Waals surface area contributed by atoms with Crippen LogP contribution < -0.4 is 4.74 Å². The fourth-order valence-electron chi connectivity index (χ4n) is 7.23. The Morgan fingerprint density at radius 1 is 1.00 bits per heavy atom. The van der Waals surface area contributed by atoms with Gasteiger partial charge in [0.25, 0.3) is 0 Å². The van der Waals surface area contributed by atoms with Gasteiger partial charge in [-0.25, -0.2) is 0 Å². The SMILES string of the molecule is CCC(=O)CC(=O)/C=C/c1ccc(C(OC)=C2C3CC4CC(C3)CC2C4)cc1O[C@@H]1OC(CO)[C@H](O)[C@H](O)C1O. The number of allylic oxidation sites excluding steroid dienone is 2. The van der Waals surface area contributed by atoms with Gasteiger partial charge in [0, 0.05) is 17.5 Å². The highest BCUT2D eigenvalue weighted by Crippen LogP contribution is 2.58. The number of rotatable bonds is 10. The first kappa shape index (κ1) is 29.0. The zero-order chi connectivity index (χ0) is 28.6. The van der Waals surface area contributed by atoms with Crippen LogP contribution in [0.3, 0.4) is 0 Å². The number of ketones is 2. The number of benzene rings is 1. The molecule has 0 radical (unpaired) electrons. The molecule has 218 valence electrons. The first-order valence-corrected chi connectivity index (χ1v) is 14.3. The van der Waals surface area contributed by atoms with Crippen molar-refractivity contribution in [3.8, 4) is 5.75 Å². The smallest absolute Gasteiger partial charge is 0.229 e. The Bertz CT molecular complexity index is 1140. The van der Waals surface area contributed by atoms with Gasteiger partial charge in [0.05, 0.1) is 20.1 Å². The second kappa shape index (κ2) is 12.1. The fraction of sp³-hybridized carbons (Fsp3) is 0.613. The summed E-state index contributed by atoms with van der Waals surface area (Å²) < 4.78 is 17.7. The van der Waals surface area contributed by atoms with Crippen molar-refractivity contribution in [1.82, 2.24) is 0 Å². The van der Waals surface area contributed by atoms with Crippen LogP contribution in [-0.2, 0) is 19.1 Å². The number of Topliss-reactive ketones (excluding diaryl/α,β-unsaturated/α-hetero) is 1. The number of methoxy groups -OCH3 is 1. The van der Waals surface area contributed by atoms with E-state index >= 15 is 0 Å². The third-order valence-electron chi connectivity index (χ3n) is 9.07. The van der Waals surface area contributed by atoms with Crippen LogP contribution in [0.15, 0.2) is 29.8 Å². The molecular formula is C31H40O9. The summed E-state index contributed by atoms with van der Waals surface area (Å²) in [7, 11) is 1.67. The Labute approximate surface area is 234 Å². The molecule has 4 N–H and O–H groups in total. The topological polar surface area (TPSA) is 143 Å². The number of aliphatic hydroxyl groups excluding tert-OH is 4. The molecule has 2 unspecified atom stereocenters. The maximum Gasteiger partial charge on any atom is 0.229 e. The Morgan fingerprint density at radius 3 is 2.27 bits per heavy atom. The molecule has 6 rings (SSSR count). The van der Waals surface area contributed by atoms with Crippen LogP contribution in [0.25, 0.3) is 11.8 Å². The monoisotopic (exact) mass is 556 g/mol. The molecule has 0 amide bonds. The van der Waals surface area contributed by atoms with E-state index < -0.39 is 37.3 Å². The predicted molar refractivity (Wildman–Crippen MR) is 146 cm³/mol. The molecule has 9 nitrogen and oxygen atoms in total. The molecular weight excluding hydrogens is 516 g/mol. The average molecular weight is 557 g/mol. The van der Waals surface area contributed by atoms with E-state index in [1.165, 1.54) is 49.8 Å². The molecule has 40 heavy (non-hydrogen) atoms. The number of hydrogen-bond acceptors (Lipinski definition) is 9. The first-order chi connectivity index (χ1) is 19.2. The second-order valence-electron chi connectivity index (χ2n) is 11.7. The van der Waals surface area contributed by atoms with Crippen LogP contribution in [0.2, 0.25) is 0 Å². The van der Waals surface area contributed by atoms with Gasteiger partial charge >= 0.3 is 0 Å². The first-order valence-electron chi connectivity index (χ1n) is 14.3. The molecule has 5 atom stereocenters. The van der Waals surface area contributed by atoms with Gasteiger partial charge in [-0.1, -0.05) is 19.1 Å². The Balaban J connectivity index is 1.49. The summed E-state index contributed by atoms with van der Waals surface area (Å²) in [6.45, 7) is 1.12. The van der Waals surface area contributed by atoms with Gasteiger partial charge in [0.2, 0.25) is 6.29 Å². The van der Waals surface area contributed by atoms with Crippen LogP contribution in [0.5, 0.6) is 5.75 Å². The van der Waals surface area contributed by atoms with E-state index in [1.54, 1.807) is 26.2 Å². The third-order valence-corrected chi connectivity index (χ3v) is 9.07. The molecule has 1 aliphatic heterocycles. The molecule has 4 saturated carbocycles. The maximum atomic E-state index is 12.3. The zero-order valence-electron chi connectivity index (χ0n) is 23.1. The van der Waals surface area contributed by atoms with Gasteiger partial charge < -0.3 is 34.6 Å². The largest absolute Gasteiger partial charge is 0.496 e. The molecule has 1 aromatic carbocycles. The van der Waals surface area contributed by atoms with Crippen molar-refractivity contribution in [3.05, 3.63) is 41.0 Å². The highest BCUT2D eigenvalue weighted by Gasteiger charge is 2.47. The van der Waals surface area contributed by atoms with E-state index in [9.17, 15) is 30.0 Å². The third kappa shape index (κ3) is 5.76. The minimum atomic E-state index is -1.59. The minimum Gasteiger partial charge on any atom is -0.496 e. The fourth-order valence-corrected chi connectivity index (χ4v) is 7.23. The van der Waals surface area contributed by atoms with Crippen LogP contribution in [0.4, 0.5) is 0 Å². The summed E-state index contributed by atoms with van der Waals surface area (Å²) in [6, 6.07) is 5.44. The van der Waals surface area contributed by atoms with Crippen LogP contribution in [-0.4, -0.2) is 76.4 Å². The van der Waals surface area contributed by atoms with Gasteiger partial charge in [0.15, 0.2) is 5.78 Å². The summed E-state index contributed by atoms with van der Waals surface area (Å²) in [5.74, 6) is 3.14. The standard InChI is InChI=1S/C31H40O9/c1-3-22(33)14-23(34)7-6-18-4-5-19(13-24(18)39-31-29(37)28(36)27(35)25(15-32)40-31)30(38-2)26-20-9-16-8-17(11-20)12-21(26)10-16/h4-7,13,16-17,20-21,25,27-29,31-32,35-37H,3,8-12,14-15H2,1-2H3/b7-6+,30-26?/t16?,17?,20?,21?,25?,27-,28-,29?,31+/m0/s1. The number of ether oxygens (including phenoxy) is 3. The zero-order valence-corrected chi connectivity index (χ0v) is 23.1. The van der Waals surface area contributed by atoms with Crippen molar-refractivity contribution in [3.63, 3.8) is 0 Å². The minimum absolute atomic E-state index is 0.158. The quantitative estimate of drug-likeness (QED) is 0.194. The summed E-state index contributed by atoms with van der Waals surface area (Å²) >= 11 is 0. The number of carbonyl (C=O) groups excluding carboxylic acids is 2. The van der Waals surface area contributed by atoms with Crippen LogP contribution >= 0.6 is 0 Å². The van der Waals surface area contributed by atoms with Gasteiger partial charge in [0.1, 0.15) is 41.7 Å². The second-order valence-corrected chi connectivity index (χ2v) is 11.7. The van der Waals surface area contributed by atoms with Crippen LogP contribution in [0, 0.1) is 23.7 Å². The molecule has 4 aliphatic carbocycles. The van der Waals surface area contributed by atoms with Crippen molar-refractivity contribution in [1.29, 1.82) is 0 Å². The molecule has 1 saturated heterocycles. The Kier molecular flexibility index (Phi) is 8.78. The predicted octanol–water partition coefficient (Wildman–Crippen LogP) is 2.63. The summed E-state index contributed by atoms with van der Waals surface area (Å²) in [6.07, 6.45) is 1.79. The Hall–Kier alpha value is -2.56. The van der Waals surface area contributed by atoms with Gasteiger partial charge in [-0.05, 0) is 79.6 Å². The van der Waals surface area contributed by atoms with E-state index in [-0.39, 0.29) is 30.2 Å². The Morgan fingerprint density at radius 2 is 1.68 bits per heavy atom. The molecule has 1 heterocycles. The van der Waals surface area contributed by atoms with E-state index in [2.05, 4.69) is 0 Å². The van der Waals surface area contributed by atoms with Gasteiger partial charge in [-0.2, -0.15) is 0 Å². The van der Waals surface area contributed by atoms with Crippen molar-refractivity contribution < 1.29 is 44.2 Å². The summed E-state index contributed by atoms with van der Waals surface area (Å²) in [5, 5.41) is 40.7.